The predicted molar refractivity (Wildman–Crippen MR) is 96.1 cm³/mol. The van der Waals surface area contributed by atoms with Gasteiger partial charge in [-0.3, -0.25) is 4.90 Å². The minimum atomic E-state index is 0. The highest BCUT2D eigenvalue weighted by molar-refractivity contribution is 5.85. The van der Waals surface area contributed by atoms with Gasteiger partial charge in [-0.25, -0.2) is 0 Å². The number of hydrogen-bond donors (Lipinski definition) is 1. The van der Waals surface area contributed by atoms with Crippen LogP contribution in [0, 0.1) is 0 Å². The molecule has 0 unspecified atom stereocenters. The van der Waals surface area contributed by atoms with Gasteiger partial charge in [0.25, 0.3) is 0 Å². The van der Waals surface area contributed by atoms with Crippen LogP contribution in [0.1, 0.15) is 31.4 Å². The van der Waals surface area contributed by atoms with Crippen molar-refractivity contribution in [1.82, 2.24) is 10.2 Å². The number of halogens is 2. The summed E-state index contributed by atoms with van der Waals surface area (Å²) in [7, 11) is 3.47. The van der Waals surface area contributed by atoms with Gasteiger partial charge in [0.15, 0.2) is 0 Å². The molecule has 22 heavy (non-hydrogen) atoms. The van der Waals surface area contributed by atoms with Crippen molar-refractivity contribution in [2.75, 3.05) is 40.4 Å². The first kappa shape index (κ1) is 21.3. The largest absolute Gasteiger partial charge is 0.496 e. The molecule has 1 fully saturated rings. The molecule has 2 rings (SSSR count). The SMILES string of the molecule is CCC[C@H](c1c(OC)cccc1OC)N1CCNCC1.Cl.Cl. The highest BCUT2D eigenvalue weighted by atomic mass is 35.5. The fourth-order valence-corrected chi connectivity index (χ4v) is 2.99. The maximum Gasteiger partial charge on any atom is 0.127 e. The number of nitrogens with one attached hydrogen (secondary N) is 1. The molecule has 128 valence electrons. The molecule has 1 aromatic rings. The molecule has 0 aromatic heterocycles. The fourth-order valence-electron chi connectivity index (χ4n) is 2.99. The third-order valence-corrected chi connectivity index (χ3v) is 3.95. The third kappa shape index (κ3) is 4.92. The van der Waals surface area contributed by atoms with E-state index in [2.05, 4.69) is 17.1 Å². The summed E-state index contributed by atoms with van der Waals surface area (Å²) >= 11 is 0. The molecule has 0 aliphatic carbocycles. The van der Waals surface area contributed by atoms with E-state index in [0.29, 0.717) is 6.04 Å². The Hall–Kier alpha value is -0.680. The summed E-state index contributed by atoms with van der Waals surface area (Å²) in [4.78, 5) is 2.54. The van der Waals surface area contributed by atoms with Gasteiger partial charge in [-0.05, 0) is 18.6 Å². The van der Waals surface area contributed by atoms with E-state index in [9.17, 15) is 0 Å². The second kappa shape index (κ2) is 10.9. The number of piperazine rings is 1. The fraction of sp³-hybridized carbons (Fsp3) is 0.625. The van der Waals surface area contributed by atoms with Crippen molar-refractivity contribution in [3.05, 3.63) is 23.8 Å². The van der Waals surface area contributed by atoms with E-state index in [-0.39, 0.29) is 24.8 Å². The summed E-state index contributed by atoms with van der Waals surface area (Å²) in [5.74, 6) is 1.86. The average Bonchev–Trinajstić information content (AvgIpc) is 2.52. The molecule has 1 atom stereocenters. The number of nitrogens with zero attached hydrogens (tertiary/aromatic N) is 1. The van der Waals surface area contributed by atoms with E-state index < -0.39 is 0 Å². The molecule has 0 spiro atoms. The zero-order valence-electron chi connectivity index (χ0n) is 13.6. The lowest BCUT2D eigenvalue weighted by Gasteiger charge is -2.36. The lowest BCUT2D eigenvalue weighted by Crippen LogP contribution is -2.45. The Kier molecular flexibility index (Phi) is 10.6. The van der Waals surface area contributed by atoms with Crippen LogP contribution in [-0.4, -0.2) is 45.3 Å². The van der Waals surface area contributed by atoms with Gasteiger partial charge in [-0.1, -0.05) is 19.4 Å². The number of ether oxygens (including phenoxy) is 2. The van der Waals surface area contributed by atoms with Crippen molar-refractivity contribution >= 4 is 24.8 Å². The van der Waals surface area contributed by atoms with Crippen LogP contribution < -0.4 is 14.8 Å². The van der Waals surface area contributed by atoms with E-state index in [0.717, 1.165) is 50.5 Å². The summed E-state index contributed by atoms with van der Waals surface area (Å²) in [6.07, 6.45) is 2.27. The minimum Gasteiger partial charge on any atom is -0.496 e. The van der Waals surface area contributed by atoms with Crippen LogP contribution in [0.2, 0.25) is 0 Å². The summed E-state index contributed by atoms with van der Waals surface area (Å²) in [5.41, 5.74) is 1.20. The van der Waals surface area contributed by atoms with Gasteiger partial charge in [0.05, 0.1) is 19.8 Å². The zero-order valence-corrected chi connectivity index (χ0v) is 15.3. The lowest BCUT2D eigenvalue weighted by molar-refractivity contribution is 0.159. The topological polar surface area (TPSA) is 33.7 Å². The molecular weight excluding hydrogens is 323 g/mol. The summed E-state index contributed by atoms with van der Waals surface area (Å²) in [6, 6.07) is 6.42. The van der Waals surface area contributed by atoms with Crippen molar-refractivity contribution in [3.63, 3.8) is 0 Å². The molecule has 0 radical (unpaired) electrons. The van der Waals surface area contributed by atoms with Gasteiger partial charge in [0.1, 0.15) is 11.5 Å². The normalized spacial score (nSPS) is 16.1. The van der Waals surface area contributed by atoms with Crippen LogP contribution in [0.4, 0.5) is 0 Å². The Morgan fingerprint density at radius 1 is 1.09 bits per heavy atom. The maximum absolute atomic E-state index is 5.58. The van der Waals surface area contributed by atoms with Crippen molar-refractivity contribution in [3.8, 4) is 11.5 Å². The monoisotopic (exact) mass is 350 g/mol. The lowest BCUT2D eigenvalue weighted by atomic mass is 9.97. The molecule has 1 aromatic carbocycles. The summed E-state index contributed by atoms with van der Waals surface area (Å²) in [6.45, 7) is 6.49. The first-order valence-corrected chi connectivity index (χ1v) is 7.47. The minimum absolute atomic E-state index is 0. The smallest absolute Gasteiger partial charge is 0.127 e. The van der Waals surface area contributed by atoms with Crippen LogP contribution in [0.5, 0.6) is 11.5 Å². The van der Waals surface area contributed by atoms with Crippen molar-refractivity contribution < 1.29 is 9.47 Å². The summed E-state index contributed by atoms with van der Waals surface area (Å²) in [5, 5.41) is 3.42. The molecule has 1 aliphatic heterocycles. The van der Waals surface area contributed by atoms with Gasteiger partial charge < -0.3 is 14.8 Å². The second-order valence-corrected chi connectivity index (χ2v) is 5.17. The Labute approximate surface area is 146 Å². The number of benzene rings is 1. The average molecular weight is 351 g/mol. The predicted octanol–water partition coefficient (Wildman–Crippen LogP) is 3.29. The van der Waals surface area contributed by atoms with Crippen LogP contribution in [0.3, 0.4) is 0 Å². The van der Waals surface area contributed by atoms with E-state index in [1.807, 2.05) is 18.2 Å². The van der Waals surface area contributed by atoms with Gasteiger partial charge in [0, 0.05) is 32.2 Å². The number of rotatable bonds is 6. The van der Waals surface area contributed by atoms with Crippen molar-refractivity contribution in [2.24, 2.45) is 0 Å². The van der Waals surface area contributed by atoms with Crippen LogP contribution in [0.15, 0.2) is 18.2 Å². The molecule has 1 saturated heterocycles. The highest BCUT2D eigenvalue weighted by Gasteiger charge is 2.27. The van der Waals surface area contributed by atoms with Crippen molar-refractivity contribution in [1.29, 1.82) is 0 Å². The molecule has 0 saturated carbocycles. The molecule has 6 heteroatoms. The third-order valence-electron chi connectivity index (χ3n) is 3.95. The van der Waals surface area contributed by atoms with Crippen LogP contribution in [0.25, 0.3) is 0 Å². The molecule has 1 aliphatic rings. The van der Waals surface area contributed by atoms with E-state index in [4.69, 9.17) is 9.47 Å². The van der Waals surface area contributed by atoms with Crippen LogP contribution >= 0.6 is 24.8 Å². The summed E-state index contributed by atoms with van der Waals surface area (Å²) < 4.78 is 11.2. The number of methoxy groups -OCH3 is 2. The highest BCUT2D eigenvalue weighted by Crippen LogP contribution is 2.39. The van der Waals surface area contributed by atoms with Gasteiger partial charge in [0.2, 0.25) is 0 Å². The first-order chi connectivity index (χ1) is 9.81. The van der Waals surface area contributed by atoms with E-state index in [1.54, 1.807) is 14.2 Å². The Balaban J connectivity index is 0.00000220. The standard InChI is InChI=1S/C16H26N2O2.2ClH/c1-4-6-13(18-11-9-17-10-12-18)16-14(19-2)7-5-8-15(16)20-3;;/h5,7-8,13,17H,4,6,9-12H2,1-3H3;2*1H/t13-;;/m1../s1. The molecular formula is C16H28Cl2N2O2. The second-order valence-electron chi connectivity index (χ2n) is 5.17. The van der Waals surface area contributed by atoms with Gasteiger partial charge in [-0.2, -0.15) is 0 Å². The Bertz CT molecular complexity index is 404. The first-order valence-electron chi connectivity index (χ1n) is 7.47. The Morgan fingerprint density at radius 2 is 1.64 bits per heavy atom. The Morgan fingerprint density at radius 3 is 2.09 bits per heavy atom. The van der Waals surface area contributed by atoms with E-state index >= 15 is 0 Å². The van der Waals surface area contributed by atoms with Gasteiger partial charge in [-0.15, -0.1) is 24.8 Å². The van der Waals surface area contributed by atoms with Crippen molar-refractivity contribution in [2.45, 2.75) is 25.8 Å². The molecule has 4 nitrogen and oxygen atoms in total. The maximum atomic E-state index is 5.58. The van der Waals surface area contributed by atoms with Gasteiger partial charge >= 0.3 is 0 Å². The van der Waals surface area contributed by atoms with Crippen LogP contribution in [-0.2, 0) is 0 Å². The molecule has 0 amide bonds. The quantitative estimate of drug-likeness (QED) is 0.853. The zero-order chi connectivity index (χ0) is 14.4. The van der Waals surface area contributed by atoms with E-state index in [1.165, 1.54) is 5.56 Å². The molecule has 0 bridgehead atoms. The molecule has 1 N–H and O–H groups in total. The number of hydrogen-bond acceptors (Lipinski definition) is 4. The molecule has 1 heterocycles.